The summed E-state index contributed by atoms with van der Waals surface area (Å²) in [5.74, 6) is 0. The van der Waals surface area contributed by atoms with E-state index in [1.54, 1.807) is 12.1 Å². The SMILES string of the molecule is O=[N+]([O-])c1ccc(N2CCCC2)c(C2OCCO2)c1. The van der Waals surface area contributed by atoms with E-state index in [2.05, 4.69) is 4.90 Å². The lowest BCUT2D eigenvalue weighted by Gasteiger charge is -2.23. The highest BCUT2D eigenvalue weighted by Crippen LogP contribution is 2.35. The summed E-state index contributed by atoms with van der Waals surface area (Å²) in [7, 11) is 0. The molecule has 2 heterocycles. The molecule has 19 heavy (non-hydrogen) atoms. The second kappa shape index (κ2) is 5.14. The van der Waals surface area contributed by atoms with Gasteiger partial charge in [0.15, 0.2) is 6.29 Å². The molecule has 3 rings (SSSR count). The number of rotatable bonds is 3. The van der Waals surface area contributed by atoms with E-state index < -0.39 is 6.29 Å². The molecule has 2 aliphatic heterocycles. The predicted molar refractivity (Wildman–Crippen MR) is 69.2 cm³/mol. The summed E-state index contributed by atoms with van der Waals surface area (Å²) >= 11 is 0. The minimum Gasteiger partial charge on any atom is -0.371 e. The number of non-ortho nitro benzene ring substituents is 1. The molecule has 2 fully saturated rings. The van der Waals surface area contributed by atoms with Crippen molar-refractivity contribution in [1.82, 2.24) is 0 Å². The van der Waals surface area contributed by atoms with E-state index in [-0.39, 0.29) is 10.6 Å². The third-order valence-electron chi connectivity index (χ3n) is 3.54. The highest BCUT2D eigenvalue weighted by Gasteiger charge is 2.27. The molecule has 1 aromatic rings. The molecule has 0 saturated carbocycles. The minimum atomic E-state index is -0.476. The molecular formula is C13H16N2O4. The third-order valence-corrected chi connectivity index (χ3v) is 3.54. The van der Waals surface area contributed by atoms with Gasteiger partial charge in [-0.05, 0) is 18.9 Å². The van der Waals surface area contributed by atoms with E-state index in [9.17, 15) is 10.1 Å². The minimum absolute atomic E-state index is 0.0806. The van der Waals surface area contributed by atoms with Gasteiger partial charge in [0.05, 0.1) is 18.1 Å². The normalized spacial score (nSPS) is 20.1. The van der Waals surface area contributed by atoms with Crippen molar-refractivity contribution in [3.05, 3.63) is 33.9 Å². The highest BCUT2D eigenvalue weighted by molar-refractivity contribution is 5.59. The largest absolute Gasteiger partial charge is 0.371 e. The van der Waals surface area contributed by atoms with Crippen molar-refractivity contribution in [2.45, 2.75) is 19.1 Å². The lowest BCUT2D eigenvalue weighted by molar-refractivity contribution is -0.385. The summed E-state index contributed by atoms with van der Waals surface area (Å²) in [5, 5.41) is 10.9. The van der Waals surface area contributed by atoms with E-state index in [0.717, 1.165) is 37.2 Å². The average molecular weight is 264 g/mol. The molecule has 0 bridgehead atoms. The Morgan fingerprint density at radius 2 is 1.89 bits per heavy atom. The Morgan fingerprint density at radius 3 is 2.53 bits per heavy atom. The van der Waals surface area contributed by atoms with Crippen LogP contribution < -0.4 is 4.90 Å². The molecule has 0 aromatic heterocycles. The highest BCUT2D eigenvalue weighted by atomic mass is 16.7. The van der Waals surface area contributed by atoms with Crippen LogP contribution in [0.5, 0.6) is 0 Å². The van der Waals surface area contributed by atoms with Gasteiger partial charge in [-0.3, -0.25) is 10.1 Å². The van der Waals surface area contributed by atoms with Crippen molar-refractivity contribution in [3.8, 4) is 0 Å². The summed E-state index contributed by atoms with van der Waals surface area (Å²) in [5.41, 5.74) is 1.85. The molecular weight excluding hydrogens is 248 g/mol. The lowest BCUT2D eigenvalue weighted by atomic mass is 10.1. The predicted octanol–water partition coefficient (Wildman–Crippen LogP) is 2.24. The first-order valence-electron chi connectivity index (χ1n) is 6.52. The molecule has 2 aliphatic rings. The monoisotopic (exact) mass is 264 g/mol. The van der Waals surface area contributed by atoms with Crippen LogP contribution in [0.2, 0.25) is 0 Å². The van der Waals surface area contributed by atoms with Crippen LogP contribution in [0.25, 0.3) is 0 Å². The maximum Gasteiger partial charge on any atom is 0.270 e. The molecule has 0 aliphatic carbocycles. The van der Waals surface area contributed by atoms with Crippen molar-refractivity contribution in [2.75, 3.05) is 31.2 Å². The standard InChI is InChI=1S/C13H16N2O4/c16-15(17)10-3-4-12(14-5-1-2-6-14)11(9-10)13-18-7-8-19-13/h3-4,9,13H,1-2,5-8H2. The molecule has 1 aromatic carbocycles. The molecule has 0 atom stereocenters. The Kier molecular flexibility index (Phi) is 3.35. The van der Waals surface area contributed by atoms with Crippen LogP contribution >= 0.6 is 0 Å². The van der Waals surface area contributed by atoms with Crippen LogP contribution in [-0.2, 0) is 9.47 Å². The maximum atomic E-state index is 10.9. The smallest absolute Gasteiger partial charge is 0.270 e. The van der Waals surface area contributed by atoms with Crippen LogP contribution in [0, 0.1) is 10.1 Å². The van der Waals surface area contributed by atoms with Gasteiger partial charge in [0.1, 0.15) is 0 Å². The fraction of sp³-hybridized carbons (Fsp3) is 0.538. The second-order valence-corrected chi connectivity index (χ2v) is 4.77. The van der Waals surface area contributed by atoms with Gasteiger partial charge in [0.25, 0.3) is 5.69 Å². The Labute approximate surface area is 111 Å². The van der Waals surface area contributed by atoms with Crippen molar-refractivity contribution in [1.29, 1.82) is 0 Å². The number of nitro benzene ring substituents is 1. The second-order valence-electron chi connectivity index (χ2n) is 4.77. The Bertz CT molecular complexity index is 480. The summed E-state index contributed by atoms with van der Waals surface area (Å²) in [6.45, 7) is 3.04. The number of hydrogen-bond acceptors (Lipinski definition) is 5. The number of hydrogen-bond donors (Lipinski definition) is 0. The first kappa shape index (κ1) is 12.4. The van der Waals surface area contributed by atoms with E-state index in [1.807, 2.05) is 6.07 Å². The number of nitro groups is 1. The zero-order chi connectivity index (χ0) is 13.2. The van der Waals surface area contributed by atoms with Crippen LogP contribution in [0.15, 0.2) is 18.2 Å². The molecule has 102 valence electrons. The maximum absolute atomic E-state index is 10.9. The third kappa shape index (κ3) is 2.41. The Balaban J connectivity index is 1.98. The van der Waals surface area contributed by atoms with Gasteiger partial charge in [0.2, 0.25) is 0 Å². The molecule has 0 amide bonds. The molecule has 2 saturated heterocycles. The van der Waals surface area contributed by atoms with Gasteiger partial charge < -0.3 is 14.4 Å². The number of anilines is 1. The Morgan fingerprint density at radius 1 is 1.21 bits per heavy atom. The van der Waals surface area contributed by atoms with E-state index in [4.69, 9.17) is 9.47 Å². The quantitative estimate of drug-likeness (QED) is 0.618. The molecule has 0 unspecified atom stereocenters. The number of benzene rings is 1. The lowest BCUT2D eigenvalue weighted by Crippen LogP contribution is -2.20. The zero-order valence-corrected chi connectivity index (χ0v) is 10.6. The van der Waals surface area contributed by atoms with Gasteiger partial charge in [-0.25, -0.2) is 0 Å². The first-order valence-corrected chi connectivity index (χ1v) is 6.52. The van der Waals surface area contributed by atoms with Crippen molar-refractivity contribution < 1.29 is 14.4 Å². The average Bonchev–Trinajstić information content (AvgIpc) is 3.11. The van der Waals surface area contributed by atoms with E-state index in [1.165, 1.54) is 0 Å². The van der Waals surface area contributed by atoms with Crippen molar-refractivity contribution in [2.24, 2.45) is 0 Å². The van der Waals surface area contributed by atoms with Gasteiger partial charge in [-0.2, -0.15) is 0 Å². The molecule has 0 radical (unpaired) electrons. The van der Waals surface area contributed by atoms with Gasteiger partial charge in [-0.1, -0.05) is 0 Å². The molecule has 6 nitrogen and oxygen atoms in total. The topological polar surface area (TPSA) is 64.8 Å². The Hall–Kier alpha value is -1.66. The number of nitrogens with zero attached hydrogens (tertiary/aromatic N) is 2. The van der Waals surface area contributed by atoms with Crippen LogP contribution in [0.1, 0.15) is 24.7 Å². The summed E-state index contributed by atoms with van der Waals surface area (Å²) in [4.78, 5) is 12.8. The zero-order valence-electron chi connectivity index (χ0n) is 10.6. The fourth-order valence-electron chi connectivity index (χ4n) is 2.63. The van der Waals surface area contributed by atoms with E-state index >= 15 is 0 Å². The van der Waals surface area contributed by atoms with E-state index in [0.29, 0.717) is 13.2 Å². The summed E-state index contributed by atoms with van der Waals surface area (Å²) in [6, 6.07) is 4.93. The van der Waals surface area contributed by atoms with Crippen molar-refractivity contribution >= 4 is 11.4 Å². The van der Waals surface area contributed by atoms with Crippen molar-refractivity contribution in [3.63, 3.8) is 0 Å². The molecule has 0 N–H and O–H groups in total. The molecule has 0 spiro atoms. The fourth-order valence-corrected chi connectivity index (χ4v) is 2.63. The van der Waals surface area contributed by atoms with Crippen LogP contribution in [0.3, 0.4) is 0 Å². The molecule has 6 heteroatoms. The van der Waals surface area contributed by atoms with Crippen LogP contribution in [0.4, 0.5) is 11.4 Å². The van der Waals surface area contributed by atoms with Gasteiger partial charge in [0, 0.05) is 36.5 Å². The van der Waals surface area contributed by atoms with Gasteiger partial charge in [-0.15, -0.1) is 0 Å². The van der Waals surface area contributed by atoms with Gasteiger partial charge >= 0.3 is 0 Å². The number of ether oxygens (including phenoxy) is 2. The summed E-state index contributed by atoms with van der Waals surface area (Å²) < 4.78 is 11.0. The first-order chi connectivity index (χ1) is 9.25. The van der Waals surface area contributed by atoms with Crippen LogP contribution in [-0.4, -0.2) is 31.2 Å². The summed E-state index contributed by atoms with van der Waals surface area (Å²) in [6.07, 6.45) is 1.83.